The lowest BCUT2D eigenvalue weighted by molar-refractivity contribution is -0.150. The summed E-state index contributed by atoms with van der Waals surface area (Å²) in [5.74, 6) is 0.0634. The Morgan fingerprint density at radius 2 is 2.11 bits per heavy atom. The van der Waals surface area contributed by atoms with Gasteiger partial charge in [0.1, 0.15) is 17.8 Å². The highest BCUT2D eigenvalue weighted by Gasteiger charge is 2.42. The van der Waals surface area contributed by atoms with Crippen LogP contribution in [0.2, 0.25) is 0 Å². The average Bonchev–Trinajstić information content (AvgIpc) is 2.87. The zero-order chi connectivity index (χ0) is 13.0. The third kappa shape index (κ3) is 2.66. The normalized spacial score (nSPS) is 17.6. The largest absolute Gasteiger partial charge is 0.492 e. The van der Waals surface area contributed by atoms with Crippen LogP contribution in [0, 0.1) is 5.41 Å². The first-order valence-corrected chi connectivity index (χ1v) is 6.61. The quantitative estimate of drug-likeness (QED) is 0.869. The van der Waals surface area contributed by atoms with Gasteiger partial charge < -0.3 is 9.84 Å². The van der Waals surface area contributed by atoms with E-state index >= 15 is 0 Å². The number of rotatable bonds is 5. The summed E-state index contributed by atoms with van der Waals surface area (Å²) in [6.07, 6.45) is 4.40. The Balaban J connectivity index is 2.03. The number of aliphatic carboxylic acids is 1. The Kier molecular flexibility index (Phi) is 3.90. The summed E-state index contributed by atoms with van der Waals surface area (Å²) in [6.45, 7) is 2.38. The van der Waals surface area contributed by atoms with Crippen LogP contribution in [0.1, 0.15) is 38.2 Å². The van der Waals surface area contributed by atoms with Crippen LogP contribution in [0.3, 0.4) is 0 Å². The molecule has 3 nitrogen and oxygen atoms in total. The lowest BCUT2D eigenvalue weighted by Crippen LogP contribution is -2.34. The van der Waals surface area contributed by atoms with Crippen LogP contribution in [0.25, 0.3) is 0 Å². The highest BCUT2D eigenvalue weighted by atomic mass is 16.5. The van der Waals surface area contributed by atoms with Gasteiger partial charge in [0, 0.05) is 0 Å². The molecular formula is C15H20O3. The molecule has 0 aromatic heterocycles. The van der Waals surface area contributed by atoms with Crippen LogP contribution in [-0.2, 0) is 11.2 Å². The number of aryl methyl sites for hydroxylation is 1. The molecule has 0 amide bonds. The van der Waals surface area contributed by atoms with E-state index in [0.717, 1.165) is 37.9 Å². The fourth-order valence-corrected chi connectivity index (χ4v) is 2.55. The van der Waals surface area contributed by atoms with Gasteiger partial charge in [-0.25, -0.2) is 0 Å². The number of carboxylic acid groups (broad SMARTS) is 1. The number of ether oxygens (including phenoxy) is 1. The number of carbonyl (C=O) groups is 1. The molecule has 1 aromatic carbocycles. The Labute approximate surface area is 108 Å². The molecule has 1 aromatic rings. The van der Waals surface area contributed by atoms with E-state index in [1.807, 2.05) is 18.2 Å². The summed E-state index contributed by atoms with van der Waals surface area (Å²) in [5.41, 5.74) is 0.547. The molecule has 0 bridgehead atoms. The van der Waals surface area contributed by atoms with Crippen molar-refractivity contribution in [2.75, 3.05) is 6.61 Å². The third-order valence-electron chi connectivity index (χ3n) is 3.84. The van der Waals surface area contributed by atoms with Crippen LogP contribution in [-0.4, -0.2) is 17.7 Å². The van der Waals surface area contributed by atoms with E-state index in [1.54, 1.807) is 0 Å². The molecular weight excluding hydrogens is 228 g/mol. The molecule has 0 saturated heterocycles. The predicted molar refractivity (Wildman–Crippen MR) is 69.9 cm³/mol. The van der Waals surface area contributed by atoms with Gasteiger partial charge in [-0.05, 0) is 37.0 Å². The van der Waals surface area contributed by atoms with Crippen molar-refractivity contribution in [3.05, 3.63) is 29.8 Å². The zero-order valence-corrected chi connectivity index (χ0v) is 10.8. The van der Waals surface area contributed by atoms with Crippen molar-refractivity contribution in [1.82, 2.24) is 0 Å². The first kappa shape index (κ1) is 12.9. The van der Waals surface area contributed by atoms with Gasteiger partial charge in [-0.1, -0.05) is 31.9 Å². The van der Waals surface area contributed by atoms with Crippen molar-refractivity contribution in [2.45, 2.75) is 39.0 Å². The number of benzene rings is 1. The molecule has 0 unspecified atom stereocenters. The van der Waals surface area contributed by atoms with Crippen molar-refractivity contribution in [3.63, 3.8) is 0 Å². The fourth-order valence-electron chi connectivity index (χ4n) is 2.55. The Morgan fingerprint density at radius 1 is 1.39 bits per heavy atom. The van der Waals surface area contributed by atoms with Gasteiger partial charge in [0.2, 0.25) is 0 Å². The maximum atomic E-state index is 11.4. The van der Waals surface area contributed by atoms with Gasteiger partial charge in [0.25, 0.3) is 0 Å². The zero-order valence-electron chi connectivity index (χ0n) is 10.8. The lowest BCUT2D eigenvalue weighted by atomic mass is 9.87. The summed E-state index contributed by atoms with van der Waals surface area (Å²) in [6, 6.07) is 7.89. The maximum Gasteiger partial charge on any atom is 0.313 e. The first-order chi connectivity index (χ1) is 8.66. The molecule has 0 aliphatic heterocycles. The lowest BCUT2D eigenvalue weighted by Gasteiger charge is -2.23. The van der Waals surface area contributed by atoms with Gasteiger partial charge in [0.05, 0.1) is 0 Å². The summed E-state index contributed by atoms with van der Waals surface area (Å²) in [4.78, 5) is 11.4. The molecule has 0 heterocycles. The molecule has 0 atom stereocenters. The van der Waals surface area contributed by atoms with Crippen LogP contribution >= 0.6 is 0 Å². The highest BCUT2D eigenvalue weighted by Crippen LogP contribution is 2.38. The summed E-state index contributed by atoms with van der Waals surface area (Å²) in [5, 5.41) is 9.36. The summed E-state index contributed by atoms with van der Waals surface area (Å²) < 4.78 is 5.72. The van der Waals surface area contributed by atoms with Crippen LogP contribution < -0.4 is 4.74 Å². The minimum absolute atomic E-state index is 0.287. The topological polar surface area (TPSA) is 46.5 Å². The molecule has 1 saturated carbocycles. The van der Waals surface area contributed by atoms with Crippen molar-refractivity contribution < 1.29 is 14.6 Å². The number of hydrogen-bond donors (Lipinski definition) is 1. The summed E-state index contributed by atoms with van der Waals surface area (Å²) in [7, 11) is 0. The number of hydrogen-bond acceptors (Lipinski definition) is 2. The molecule has 3 heteroatoms. The minimum atomic E-state index is -0.716. The molecule has 1 aliphatic carbocycles. The monoisotopic (exact) mass is 248 g/mol. The summed E-state index contributed by atoms with van der Waals surface area (Å²) >= 11 is 0. The van der Waals surface area contributed by atoms with E-state index in [0.29, 0.717) is 0 Å². The molecule has 1 fully saturated rings. The second-order valence-electron chi connectivity index (χ2n) is 5.08. The average molecular weight is 248 g/mol. The van der Waals surface area contributed by atoms with Crippen molar-refractivity contribution in [1.29, 1.82) is 0 Å². The maximum absolute atomic E-state index is 11.4. The molecule has 1 N–H and O–H groups in total. The van der Waals surface area contributed by atoms with Crippen molar-refractivity contribution in [2.24, 2.45) is 5.41 Å². The van der Waals surface area contributed by atoms with Gasteiger partial charge in [0.15, 0.2) is 0 Å². The second kappa shape index (κ2) is 5.42. The van der Waals surface area contributed by atoms with Gasteiger partial charge >= 0.3 is 5.97 Å². The second-order valence-corrected chi connectivity index (χ2v) is 5.08. The fraction of sp³-hybridized carbons (Fsp3) is 0.533. The molecule has 18 heavy (non-hydrogen) atoms. The van der Waals surface area contributed by atoms with Gasteiger partial charge in [-0.3, -0.25) is 4.79 Å². The molecule has 2 rings (SSSR count). The Morgan fingerprint density at radius 3 is 2.72 bits per heavy atom. The standard InChI is InChI=1S/C15H20O3/c1-2-12-6-5-7-13(10-12)18-11-15(14(16)17)8-3-4-9-15/h5-7,10H,2-4,8-9,11H2,1H3,(H,16,17). The van der Waals surface area contributed by atoms with Crippen LogP contribution in [0.5, 0.6) is 5.75 Å². The van der Waals surface area contributed by atoms with E-state index in [9.17, 15) is 9.90 Å². The molecule has 1 aliphatic rings. The van der Waals surface area contributed by atoms with Crippen molar-refractivity contribution in [3.8, 4) is 5.75 Å². The Bertz CT molecular complexity index is 420. The van der Waals surface area contributed by atoms with E-state index in [4.69, 9.17) is 4.74 Å². The third-order valence-corrected chi connectivity index (χ3v) is 3.84. The minimum Gasteiger partial charge on any atom is -0.492 e. The SMILES string of the molecule is CCc1cccc(OCC2(C(=O)O)CCCC2)c1. The van der Waals surface area contributed by atoms with Gasteiger partial charge in [-0.15, -0.1) is 0 Å². The van der Waals surface area contributed by atoms with E-state index < -0.39 is 11.4 Å². The number of carboxylic acids is 1. The molecule has 98 valence electrons. The van der Waals surface area contributed by atoms with Crippen LogP contribution in [0.4, 0.5) is 0 Å². The smallest absolute Gasteiger partial charge is 0.313 e. The molecule has 0 spiro atoms. The molecule has 0 radical (unpaired) electrons. The van der Waals surface area contributed by atoms with Crippen molar-refractivity contribution >= 4 is 5.97 Å². The van der Waals surface area contributed by atoms with E-state index in [-0.39, 0.29) is 6.61 Å². The first-order valence-electron chi connectivity index (χ1n) is 6.61. The highest BCUT2D eigenvalue weighted by molar-refractivity contribution is 5.75. The van der Waals surface area contributed by atoms with E-state index in [2.05, 4.69) is 13.0 Å². The van der Waals surface area contributed by atoms with E-state index in [1.165, 1.54) is 5.56 Å². The van der Waals surface area contributed by atoms with Gasteiger partial charge in [-0.2, -0.15) is 0 Å². The Hall–Kier alpha value is -1.51. The van der Waals surface area contributed by atoms with Crippen LogP contribution in [0.15, 0.2) is 24.3 Å². The predicted octanol–water partition coefficient (Wildman–Crippen LogP) is 3.27.